The molecule has 4 aromatic rings. The van der Waals surface area contributed by atoms with Crippen LogP contribution in [-0.4, -0.2) is 76.5 Å². The van der Waals surface area contributed by atoms with E-state index in [1.54, 1.807) is 36.4 Å². The highest BCUT2D eigenvalue weighted by atomic mass is 79.9. The first kappa shape index (κ1) is 28.4. The van der Waals surface area contributed by atoms with Gasteiger partial charge in [0.15, 0.2) is 5.78 Å². The van der Waals surface area contributed by atoms with Crippen molar-refractivity contribution in [2.24, 2.45) is 0 Å². The van der Waals surface area contributed by atoms with Crippen molar-refractivity contribution in [3.8, 4) is 11.1 Å². The number of Topliss-reactive ketones (excluding diaryl/α,β-unsaturated/α-hetero) is 1. The van der Waals surface area contributed by atoms with Crippen LogP contribution in [0.25, 0.3) is 22.0 Å². The number of rotatable bonds is 7. The van der Waals surface area contributed by atoms with Gasteiger partial charge in [0.25, 0.3) is 0 Å². The Hall–Kier alpha value is -4.11. The van der Waals surface area contributed by atoms with Gasteiger partial charge in [-0.2, -0.15) is 5.10 Å². The number of halogens is 2. The number of hydrogen-bond donors (Lipinski definition) is 2. The van der Waals surface area contributed by atoms with Gasteiger partial charge in [-0.05, 0) is 45.8 Å². The third kappa shape index (κ3) is 6.00. The number of likely N-dealkylation sites (tertiary alicyclic amines) is 1. The largest absolute Gasteiger partial charge is 0.326 e. The van der Waals surface area contributed by atoms with E-state index in [0.717, 1.165) is 0 Å². The van der Waals surface area contributed by atoms with Crippen LogP contribution < -0.4 is 5.32 Å². The van der Waals surface area contributed by atoms with Crippen LogP contribution in [0.1, 0.15) is 23.8 Å². The first-order chi connectivity index (χ1) is 19.4. The highest BCUT2D eigenvalue weighted by molar-refractivity contribution is 9.10. The summed E-state index contributed by atoms with van der Waals surface area (Å²) < 4.78 is 35.9. The summed E-state index contributed by atoms with van der Waals surface area (Å²) in [6.45, 7) is 0.792. The number of nitrogens with zero attached hydrogens (tertiary/aromatic N) is 6. The van der Waals surface area contributed by atoms with Crippen molar-refractivity contribution in [1.82, 2.24) is 29.6 Å². The van der Waals surface area contributed by atoms with E-state index in [0.29, 0.717) is 26.6 Å². The molecule has 0 spiro atoms. The van der Waals surface area contributed by atoms with Crippen molar-refractivity contribution in [3.63, 3.8) is 0 Å². The van der Waals surface area contributed by atoms with Crippen molar-refractivity contribution in [3.05, 3.63) is 59.1 Å². The normalized spacial score (nSPS) is 18.3. The van der Waals surface area contributed by atoms with Gasteiger partial charge >= 0.3 is 0 Å². The molecule has 1 aromatic carbocycles. The molecule has 0 radical (unpaired) electrons. The minimum Gasteiger partial charge on any atom is -0.326 e. The predicted molar refractivity (Wildman–Crippen MR) is 151 cm³/mol. The maximum atomic E-state index is 14.4. The number of alkyl halides is 1. The Morgan fingerprint density at radius 2 is 1.90 bits per heavy atom. The third-order valence-corrected chi connectivity index (χ3v) is 7.87. The van der Waals surface area contributed by atoms with Gasteiger partial charge in [-0.15, -0.1) is 0 Å². The van der Waals surface area contributed by atoms with Crippen molar-refractivity contribution in [1.29, 1.82) is 4.78 Å². The molecular weight excluding hydrogens is 619 g/mol. The fourth-order valence-corrected chi connectivity index (χ4v) is 5.47. The van der Waals surface area contributed by atoms with Gasteiger partial charge in [0.2, 0.25) is 17.0 Å². The van der Waals surface area contributed by atoms with Gasteiger partial charge in [-0.3, -0.25) is 19.1 Å². The molecule has 41 heavy (non-hydrogen) atoms. The highest BCUT2D eigenvalue weighted by Crippen LogP contribution is 2.28. The molecule has 0 saturated carbocycles. The molecule has 1 saturated heterocycles. The van der Waals surface area contributed by atoms with Crippen LogP contribution in [0.3, 0.4) is 0 Å². The zero-order chi connectivity index (χ0) is 29.5. The van der Waals surface area contributed by atoms with Crippen LogP contribution in [0, 0.1) is 4.78 Å². The fraction of sp³-hybridized carbons (Fsp3) is 0.269. The number of benzene rings is 1. The summed E-state index contributed by atoms with van der Waals surface area (Å²) in [4.78, 5) is 52.2. The van der Waals surface area contributed by atoms with E-state index >= 15 is 0 Å². The van der Waals surface area contributed by atoms with Crippen molar-refractivity contribution < 1.29 is 23.0 Å². The Kier molecular flexibility index (Phi) is 7.66. The van der Waals surface area contributed by atoms with E-state index in [-0.39, 0.29) is 42.0 Å². The number of aromatic nitrogens is 5. The zero-order valence-corrected chi connectivity index (χ0v) is 24.3. The average Bonchev–Trinajstić information content (AvgIpc) is 3.49. The lowest BCUT2D eigenvalue weighted by atomic mass is 10.0. The molecule has 1 aliphatic rings. The van der Waals surface area contributed by atoms with Gasteiger partial charge in [-0.1, -0.05) is 12.1 Å². The van der Waals surface area contributed by atoms with Crippen molar-refractivity contribution >= 4 is 60.0 Å². The van der Waals surface area contributed by atoms with Crippen molar-refractivity contribution in [2.75, 3.05) is 18.1 Å². The molecule has 5 rings (SSSR count). The minimum absolute atomic E-state index is 0.0876. The lowest BCUT2D eigenvalue weighted by molar-refractivity contribution is -0.137. The molecule has 0 aliphatic carbocycles. The van der Waals surface area contributed by atoms with E-state index in [1.807, 2.05) is 0 Å². The molecule has 4 heterocycles. The van der Waals surface area contributed by atoms with E-state index in [4.69, 9.17) is 4.78 Å². The lowest BCUT2D eigenvalue weighted by Crippen LogP contribution is -2.44. The number of hydrogen-bond acceptors (Lipinski definition) is 9. The van der Waals surface area contributed by atoms with Crippen LogP contribution >= 0.6 is 15.9 Å². The molecule has 2 amide bonds. The lowest BCUT2D eigenvalue weighted by Gasteiger charge is -2.23. The summed E-state index contributed by atoms with van der Waals surface area (Å²) >= 11 is 3.23. The number of anilines is 1. The molecule has 15 heteroatoms. The van der Waals surface area contributed by atoms with Crippen molar-refractivity contribution in [2.45, 2.75) is 37.3 Å². The quantitative estimate of drug-likeness (QED) is 0.176. The highest BCUT2D eigenvalue weighted by Gasteiger charge is 2.40. The molecular formula is C26H24BrFN8O4S. The zero-order valence-electron chi connectivity index (χ0n) is 21.9. The smallest absolute Gasteiger partial charge is 0.248 e. The summed E-state index contributed by atoms with van der Waals surface area (Å²) in [6.07, 6.45) is 2.59. The van der Waals surface area contributed by atoms with Crippen LogP contribution in [0.5, 0.6) is 0 Å². The maximum absolute atomic E-state index is 14.4. The number of nitrogens with one attached hydrogen (secondary N) is 2. The number of carbonyl (C=O) groups excluding carboxylic acids is 3. The van der Waals surface area contributed by atoms with Gasteiger partial charge in [0.1, 0.15) is 44.6 Å². The van der Waals surface area contributed by atoms with Gasteiger partial charge in [0.05, 0.1) is 12.1 Å². The average molecular weight is 643 g/mol. The number of carbonyl (C=O) groups is 3. The SMILES string of the molecule is CC(=O)c1nn(CC(=O)N2C[C@H](F)C[C@H]2C(=O)Nc2cccc(Br)n2)c2ccc(-c3cnc(S(C)(=N)=O)nc3)cc12. The second-order valence-electron chi connectivity index (χ2n) is 9.62. The summed E-state index contributed by atoms with van der Waals surface area (Å²) in [5.74, 6) is -1.14. The molecule has 2 N–H and O–H groups in total. The summed E-state index contributed by atoms with van der Waals surface area (Å²) in [7, 11) is -3.07. The first-order valence-electron chi connectivity index (χ1n) is 12.4. The Bertz CT molecular complexity index is 1800. The molecule has 1 fully saturated rings. The van der Waals surface area contributed by atoms with E-state index in [9.17, 15) is 23.0 Å². The van der Waals surface area contributed by atoms with Crippen LogP contribution in [0.4, 0.5) is 10.2 Å². The molecule has 1 aliphatic heterocycles. The Morgan fingerprint density at radius 3 is 2.56 bits per heavy atom. The van der Waals surface area contributed by atoms with Crippen LogP contribution in [0.15, 0.2) is 58.6 Å². The second kappa shape index (κ2) is 11.0. The van der Waals surface area contributed by atoms with Crippen LogP contribution in [-0.2, 0) is 25.9 Å². The number of ketones is 1. The predicted octanol–water partition coefficient (Wildman–Crippen LogP) is 3.47. The molecule has 3 atom stereocenters. The molecule has 212 valence electrons. The number of fused-ring (bicyclic) bond motifs is 1. The van der Waals surface area contributed by atoms with Gasteiger partial charge < -0.3 is 10.2 Å². The standard InChI is InChI=1S/C26H24BrFN8O4S/c1-14(37)24-18-8-15(16-10-30-26(31-11-16)41(2,29)40)6-7-19(18)36(34-24)13-23(38)35-12-17(28)9-20(35)25(39)33-22-5-3-4-21(27)32-22/h3-8,10-11,17,20,29H,9,12-13H2,1-2H3,(H,32,33,39)/t17-,20+,41?/m1/s1. The summed E-state index contributed by atoms with van der Waals surface area (Å²) in [5.41, 5.74) is 1.83. The Labute approximate surface area is 242 Å². The van der Waals surface area contributed by atoms with E-state index in [2.05, 4.69) is 41.3 Å². The Morgan fingerprint density at radius 1 is 1.17 bits per heavy atom. The fourth-order valence-electron chi connectivity index (χ4n) is 4.62. The van der Waals surface area contributed by atoms with Crippen LogP contribution in [0.2, 0.25) is 0 Å². The van der Waals surface area contributed by atoms with Gasteiger partial charge in [0, 0.05) is 42.9 Å². The molecule has 1 unspecified atom stereocenters. The third-order valence-electron chi connectivity index (χ3n) is 6.52. The van der Waals surface area contributed by atoms with E-state index < -0.39 is 33.8 Å². The molecule has 0 bridgehead atoms. The Balaban J connectivity index is 1.41. The number of pyridine rings is 1. The summed E-state index contributed by atoms with van der Waals surface area (Å²) in [6, 6.07) is 9.04. The molecule has 3 aromatic heterocycles. The summed E-state index contributed by atoms with van der Waals surface area (Å²) in [5, 5.41) is 7.39. The number of amides is 2. The van der Waals surface area contributed by atoms with Gasteiger partial charge in [-0.25, -0.2) is 28.3 Å². The first-order valence-corrected chi connectivity index (χ1v) is 15.1. The maximum Gasteiger partial charge on any atom is 0.248 e. The molecule has 12 nitrogen and oxygen atoms in total. The topological polar surface area (TPSA) is 164 Å². The van der Waals surface area contributed by atoms with E-state index in [1.165, 1.54) is 35.2 Å². The minimum atomic E-state index is -3.07. The second-order valence-corrected chi connectivity index (χ2v) is 12.5. The monoisotopic (exact) mass is 642 g/mol.